The van der Waals surface area contributed by atoms with Crippen LogP contribution in [0.4, 0.5) is 8.78 Å². The minimum Gasteiger partial charge on any atom is -0.294 e. The summed E-state index contributed by atoms with van der Waals surface area (Å²) in [5, 5.41) is 0. The van der Waals surface area contributed by atoms with Crippen molar-refractivity contribution in [3.05, 3.63) is 34.9 Å². The number of fused-ring (bicyclic) bond motifs is 1. The Morgan fingerprint density at radius 2 is 1.93 bits per heavy atom. The number of ketones is 1. The van der Waals surface area contributed by atoms with Crippen molar-refractivity contribution in [2.75, 3.05) is 0 Å². The van der Waals surface area contributed by atoms with Gasteiger partial charge in [-0.2, -0.15) is 0 Å². The molecule has 0 saturated carbocycles. The summed E-state index contributed by atoms with van der Waals surface area (Å²) in [5.74, 6) is -1.86. The highest BCUT2D eigenvalue weighted by atomic mass is 19.2. The molecule has 0 heterocycles. The molecule has 1 aromatic rings. The number of benzene rings is 1. The summed E-state index contributed by atoms with van der Waals surface area (Å²) in [5.41, 5.74) is -0.0503. The Labute approximate surface area is 80.7 Å². The van der Waals surface area contributed by atoms with Gasteiger partial charge in [0.05, 0.1) is 0 Å². The SMILES string of the molecule is CC1(C)Cc2c(ccc(F)c2F)C1=O. The normalized spacial score (nSPS) is 18.4. The lowest BCUT2D eigenvalue weighted by molar-refractivity contribution is 0.0863. The summed E-state index contributed by atoms with van der Waals surface area (Å²) in [6.07, 6.45) is 0.282. The zero-order chi connectivity index (χ0) is 10.5. The smallest absolute Gasteiger partial charge is 0.169 e. The number of carbonyl (C=O) groups is 1. The minimum atomic E-state index is -0.880. The van der Waals surface area contributed by atoms with Crippen molar-refractivity contribution in [1.29, 1.82) is 0 Å². The predicted molar refractivity (Wildman–Crippen MR) is 48.2 cm³/mol. The summed E-state index contributed by atoms with van der Waals surface area (Å²) >= 11 is 0. The first-order valence-electron chi connectivity index (χ1n) is 4.45. The van der Waals surface area contributed by atoms with Gasteiger partial charge in [0.2, 0.25) is 0 Å². The summed E-state index contributed by atoms with van der Waals surface area (Å²) in [6, 6.07) is 2.37. The van der Waals surface area contributed by atoms with Crippen LogP contribution in [0.2, 0.25) is 0 Å². The van der Waals surface area contributed by atoms with Gasteiger partial charge in [-0.05, 0) is 18.6 Å². The quantitative estimate of drug-likeness (QED) is 0.623. The third-order valence-electron chi connectivity index (χ3n) is 2.67. The number of hydrogen-bond donors (Lipinski definition) is 0. The molecule has 14 heavy (non-hydrogen) atoms. The summed E-state index contributed by atoms with van der Waals surface area (Å²) < 4.78 is 26.2. The van der Waals surface area contributed by atoms with Crippen LogP contribution < -0.4 is 0 Å². The molecule has 0 bridgehead atoms. The van der Waals surface area contributed by atoms with Gasteiger partial charge < -0.3 is 0 Å². The highest BCUT2D eigenvalue weighted by Gasteiger charge is 2.39. The van der Waals surface area contributed by atoms with Gasteiger partial charge in [0.15, 0.2) is 17.4 Å². The van der Waals surface area contributed by atoms with Crippen molar-refractivity contribution >= 4 is 5.78 Å². The van der Waals surface area contributed by atoms with Gasteiger partial charge in [-0.25, -0.2) is 8.78 Å². The topological polar surface area (TPSA) is 17.1 Å². The van der Waals surface area contributed by atoms with Gasteiger partial charge in [-0.1, -0.05) is 13.8 Å². The highest BCUT2D eigenvalue weighted by molar-refractivity contribution is 6.04. The van der Waals surface area contributed by atoms with E-state index >= 15 is 0 Å². The molecule has 0 spiro atoms. The fourth-order valence-electron chi connectivity index (χ4n) is 1.86. The van der Waals surface area contributed by atoms with Gasteiger partial charge in [-0.15, -0.1) is 0 Å². The Hall–Kier alpha value is -1.25. The Kier molecular flexibility index (Phi) is 1.74. The third kappa shape index (κ3) is 1.08. The molecule has 0 N–H and O–H groups in total. The van der Waals surface area contributed by atoms with E-state index in [1.165, 1.54) is 6.07 Å². The van der Waals surface area contributed by atoms with Gasteiger partial charge >= 0.3 is 0 Å². The molecule has 1 aliphatic rings. The largest absolute Gasteiger partial charge is 0.294 e. The lowest BCUT2D eigenvalue weighted by atomic mass is 9.89. The van der Waals surface area contributed by atoms with Crippen LogP contribution in [0.3, 0.4) is 0 Å². The maximum absolute atomic E-state index is 13.3. The molecule has 2 rings (SSSR count). The average Bonchev–Trinajstić information content (AvgIpc) is 2.33. The van der Waals surface area contributed by atoms with E-state index in [2.05, 4.69) is 0 Å². The lowest BCUT2D eigenvalue weighted by Gasteiger charge is -2.12. The van der Waals surface area contributed by atoms with Crippen LogP contribution in [0.25, 0.3) is 0 Å². The number of Topliss-reactive ketones (excluding diaryl/α,β-unsaturated/α-hetero) is 1. The van der Waals surface area contributed by atoms with Gasteiger partial charge in [-0.3, -0.25) is 4.79 Å². The first kappa shape index (κ1) is 9.31. The second-order valence-electron chi connectivity index (χ2n) is 4.28. The van der Waals surface area contributed by atoms with Gasteiger partial charge in [0, 0.05) is 16.5 Å². The first-order chi connectivity index (χ1) is 6.43. The van der Waals surface area contributed by atoms with Crippen molar-refractivity contribution in [3.8, 4) is 0 Å². The van der Waals surface area contributed by atoms with E-state index < -0.39 is 17.0 Å². The molecule has 1 aliphatic carbocycles. The van der Waals surface area contributed by atoms with Gasteiger partial charge in [0.25, 0.3) is 0 Å². The standard InChI is InChI=1S/C11H10F2O/c1-11(2)5-7-6(10(11)14)3-4-8(12)9(7)13/h3-4H,5H2,1-2H3. The molecule has 3 heteroatoms. The molecular weight excluding hydrogens is 186 g/mol. The fourth-order valence-corrected chi connectivity index (χ4v) is 1.86. The molecule has 0 aliphatic heterocycles. The van der Waals surface area contributed by atoms with Crippen LogP contribution in [0, 0.1) is 17.0 Å². The Morgan fingerprint density at radius 3 is 2.57 bits per heavy atom. The second-order valence-corrected chi connectivity index (χ2v) is 4.28. The number of rotatable bonds is 0. The highest BCUT2D eigenvalue weighted by Crippen LogP contribution is 2.37. The molecule has 0 saturated heterocycles. The summed E-state index contributed by atoms with van der Waals surface area (Å²) in [7, 11) is 0. The molecule has 1 aromatic carbocycles. The summed E-state index contributed by atoms with van der Waals surface area (Å²) in [6.45, 7) is 3.49. The van der Waals surface area contributed by atoms with Crippen LogP contribution in [-0.4, -0.2) is 5.78 Å². The van der Waals surface area contributed by atoms with E-state index in [0.717, 1.165) is 6.07 Å². The first-order valence-corrected chi connectivity index (χ1v) is 4.45. The van der Waals surface area contributed by atoms with Crippen molar-refractivity contribution in [2.45, 2.75) is 20.3 Å². The van der Waals surface area contributed by atoms with Crippen molar-refractivity contribution in [2.24, 2.45) is 5.41 Å². The summed E-state index contributed by atoms with van der Waals surface area (Å²) in [4.78, 5) is 11.7. The molecule has 1 nitrogen and oxygen atoms in total. The van der Waals surface area contributed by atoms with E-state index in [1.807, 2.05) is 0 Å². The van der Waals surface area contributed by atoms with E-state index in [-0.39, 0.29) is 17.8 Å². The van der Waals surface area contributed by atoms with Crippen LogP contribution in [0.15, 0.2) is 12.1 Å². The van der Waals surface area contributed by atoms with Crippen molar-refractivity contribution < 1.29 is 13.6 Å². The lowest BCUT2D eigenvalue weighted by Crippen LogP contribution is -2.18. The van der Waals surface area contributed by atoms with Crippen molar-refractivity contribution in [1.82, 2.24) is 0 Å². The number of carbonyl (C=O) groups excluding carboxylic acids is 1. The zero-order valence-corrected chi connectivity index (χ0v) is 8.03. The monoisotopic (exact) mass is 196 g/mol. The van der Waals surface area contributed by atoms with Crippen LogP contribution in [-0.2, 0) is 6.42 Å². The van der Waals surface area contributed by atoms with E-state index in [9.17, 15) is 13.6 Å². The zero-order valence-electron chi connectivity index (χ0n) is 8.03. The van der Waals surface area contributed by atoms with Crippen LogP contribution in [0.1, 0.15) is 29.8 Å². The second kappa shape index (κ2) is 2.62. The molecular formula is C11H10F2O. The van der Waals surface area contributed by atoms with E-state index in [4.69, 9.17) is 0 Å². The molecule has 74 valence electrons. The van der Waals surface area contributed by atoms with E-state index in [0.29, 0.717) is 5.56 Å². The Bertz CT molecular complexity index is 422. The maximum Gasteiger partial charge on any atom is 0.169 e. The van der Waals surface area contributed by atoms with Crippen molar-refractivity contribution in [3.63, 3.8) is 0 Å². The molecule has 0 amide bonds. The Balaban J connectivity index is 2.65. The minimum absolute atomic E-state index is 0.105. The molecule has 0 unspecified atom stereocenters. The predicted octanol–water partition coefficient (Wildman–Crippen LogP) is 2.73. The number of halogens is 2. The van der Waals surface area contributed by atoms with E-state index in [1.54, 1.807) is 13.8 Å². The Morgan fingerprint density at radius 1 is 1.29 bits per heavy atom. The third-order valence-corrected chi connectivity index (χ3v) is 2.67. The fraction of sp³-hybridized carbons (Fsp3) is 0.364. The average molecular weight is 196 g/mol. The molecule has 0 aromatic heterocycles. The maximum atomic E-state index is 13.3. The molecule has 0 radical (unpaired) electrons. The van der Waals surface area contributed by atoms with Crippen LogP contribution in [0.5, 0.6) is 0 Å². The molecule has 0 atom stereocenters. The number of hydrogen-bond acceptors (Lipinski definition) is 1. The van der Waals surface area contributed by atoms with Gasteiger partial charge in [0.1, 0.15) is 0 Å². The molecule has 0 fully saturated rings. The van der Waals surface area contributed by atoms with Crippen LogP contribution >= 0.6 is 0 Å².